The van der Waals surface area contributed by atoms with Crippen LogP contribution in [0.1, 0.15) is 53.0 Å². The summed E-state index contributed by atoms with van der Waals surface area (Å²) in [6.45, 7) is 7.99. The van der Waals surface area contributed by atoms with E-state index in [9.17, 15) is 4.79 Å². The van der Waals surface area contributed by atoms with Crippen molar-refractivity contribution in [2.45, 2.75) is 52.9 Å². The van der Waals surface area contributed by atoms with Crippen LogP contribution in [0.15, 0.2) is 83.7 Å². The number of aryl methyl sites for hydroxylation is 2. The van der Waals surface area contributed by atoms with E-state index in [4.69, 9.17) is 0 Å². The first-order valence-corrected chi connectivity index (χ1v) is 12.7. The Bertz CT molecular complexity index is 1540. The molecule has 2 heterocycles. The number of nitrogens with zero attached hydrogens (tertiary/aromatic N) is 5. The smallest absolute Gasteiger partial charge is 0.252 e. The van der Waals surface area contributed by atoms with E-state index in [1.165, 1.54) is 11.1 Å². The molecule has 1 atom stereocenters. The van der Waals surface area contributed by atoms with E-state index >= 15 is 0 Å². The molecule has 0 amide bonds. The van der Waals surface area contributed by atoms with Crippen LogP contribution in [0.2, 0.25) is 0 Å². The quantitative estimate of drug-likeness (QED) is 0.301. The van der Waals surface area contributed by atoms with Gasteiger partial charge in [0, 0.05) is 24.2 Å². The molecule has 0 saturated heterocycles. The molecule has 188 valence electrons. The van der Waals surface area contributed by atoms with Gasteiger partial charge in [0.25, 0.3) is 5.56 Å². The number of fused-ring (bicyclic) bond motifs is 1. The minimum absolute atomic E-state index is 0.0641. The molecular formula is C30H32N6O. The van der Waals surface area contributed by atoms with Crippen molar-refractivity contribution in [3.05, 3.63) is 123 Å². The Hall–Kier alpha value is -4.10. The van der Waals surface area contributed by atoms with E-state index in [0.29, 0.717) is 19.6 Å². The van der Waals surface area contributed by atoms with Crippen LogP contribution in [-0.2, 0) is 19.6 Å². The van der Waals surface area contributed by atoms with E-state index in [1.807, 2.05) is 41.9 Å². The Morgan fingerprint density at radius 2 is 1.65 bits per heavy atom. The Morgan fingerprint density at radius 1 is 0.892 bits per heavy atom. The summed E-state index contributed by atoms with van der Waals surface area (Å²) in [6.07, 6.45) is 0.797. The van der Waals surface area contributed by atoms with Crippen molar-refractivity contribution in [1.82, 2.24) is 30.1 Å². The van der Waals surface area contributed by atoms with Gasteiger partial charge in [-0.25, -0.2) is 4.68 Å². The summed E-state index contributed by atoms with van der Waals surface area (Å²) in [5.74, 6) is 0.798. The van der Waals surface area contributed by atoms with E-state index in [1.54, 1.807) is 0 Å². The molecule has 1 N–H and O–H groups in total. The van der Waals surface area contributed by atoms with Gasteiger partial charge in [-0.05, 0) is 64.9 Å². The van der Waals surface area contributed by atoms with Gasteiger partial charge in [-0.3, -0.25) is 9.69 Å². The average Bonchev–Trinajstić information content (AvgIpc) is 3.34. The summed E-state index contributed by atoms with van der Waals surface area (Å²) in [6, 6.07) is 26.8. The predicted molar refractivity (Wildman–Crippen MR) is 146 cm³/mol. The first-order chi connectivity index (χ1) is 18.0. The number of hydrogen-bond donors (Lipinski definition) is 1. The number of tetrazole rings is 1. The van der Waals surface area contributed by atoms with Crippen LogP contribution in [0.3, 0.4) is 0 Å². The van der Waals surface area contributed by atoms with E-state index in [2.05, 4.69) is 87.8 Å². The van der Waals surface area contributed by atoms with Crippen LogP contribution in [0, 0.1) is 13.8 Å². The van der Waals surface area contributed by atoms with Gasteiger partial charge >= 0.3 is 0 Å². The van der Waals surface area contributed by atoms with Gasteiger partial charge < -0.3 is 4.98 Å². The number of rotatable bonds is 9. The van der Waals surface area contributed by atoms with E-state index in [-0.39, 0.29) is 11.6 Å². The van der Waals surface area contributed by atoms with Gasteiger partial charge in [0.15, 0.2) is 5.82 Å². The van der Waals surface area contributed by atoms with Crippen molar-refractivity contribution in [3.63, 3.8) is 0 Å². The molecule has 0 fully saturated rings. The number of pyridine rings is 1. The van der Waals surface area contributed by atoms with Crippen LogP contribution < -0.4 is 5.56 Å². The minimum Gasteiger partial charge on any atom is -0.322 e. The third-order valence-corrected chi connectivity index (χ3v) is 6.82. The average molecular weight is 493 g/mol. The van der Waals surface area contributed by atoms with Crippen LogP contribution in [0.25, 0.3) is 10.9 Å². The summed E-state index contributed by atoms with van der Waals surface area (Å²) in [7, 11) is 0. The van der Waals surface area contributed by atoms with Crippen molar-refractivity contribution in [3.8, 4) is 0 Å². The second-order valence-corrected chi connectivity index (χ2v) is 9.71. The molecule has 0 aliphatic heterocycles. The lowest BCUT2D eigenvalue weighted by atomic mass is 10.1. The van der Waals surface area contributed by atoms with Gasteiger partial charge in [-0.1, -0.05) is 79.2 Å². The fourth-order valence-corrected chi connectivity index (χ4v) is 4.82. The molecular weight excluding hydrogens is 460 g/mol. The summed E-state index contributed by atoms with van der Waals surface area (Å²) >= 11 is 0. The molecule has 0 spiro atoms. The Balaban J connectivity index is 1.52. The largest absolute Gasteiger partial charge is 0.322 e. The Labute approximate surface area is 216 Å². The Morgan fingerprint density at radius 3 is 2.41 bits per heavy atom. The van der Waals surface area contributed by atoms with Gasteiger partial charge in [-0.2, -0.15) is 0 Å². The minimum atomic E-state index is -0.0758. The van der Waals surface area contributed by atoms with Gasteiger partial charge in [0.05, 0.1) is 12.6 Å². The maximum Gasteiger partial charge on any atom is 0.252 e. The summed E-state index contributed by atoms with van der Waals surface area (Å²) in [5, 5.41) is 13.8. The maximum absolute atomic E-state index is 13.2. The van der Waals surface area contributed by atoms with Crippen molar-refractivity contribution < 1.29 is 0 Å². The molecule has 0 aliphatic rings. The molecule has 5 rings (SSSR count). The number of aromatic amines is 1. The van der Waals surface area contributed by atoms with Crippen molar-refractivity contribution >= 4 is 10.9 Å². The molecule has 37 heavy (non-hydrogen) atoms. The highest BCUT2D eigenvalue weighted by Gasteiger charge is 2.26. The lowest BCUT2D eigenvalue weighted by Crippen LogP contribution is -2.32. The third-order valence-electron chi connectivity index (χ3n) is 6.82. The lowest BCUT2D eigenvalue weighted by molar-refractivity contribution is 0.161. The molecule has 7 nitrogen and oxygen atoms in total. The summed E-state index contributed by atoms with van der Waals surface area (Å²) in [4.78, 5) is 18.5. The zero-order chi connectivity index (χ0) is 25.8. The number of H-pyrrole nitrogens is 1. The fourth-order valence-electron chi connectivity index (χ4n) is 4.82. The summed E-state index contributed by atoms with van der Waals surface area (Å²) < 4.78 is 1.87. The SMILES string of the molecule is CCC(c1nnnn1Cc1ccccc1)N(Cc1ccc(C)cc1)Cc1cc2ccc(C)cc2[nH]c1=O. The standard InChI is InChI=1S/C30H32N6O/c1-4-28(29-32-33-34-36(29)19-23-8-6-5-7-9-23)35(18-24-13-10-21(2)11-14-24)20-26-17-25-15-12-22(3)16-27(25)31-30(26)37/h5-17,28H,4,18-20H2,1-3H3,(H,31,37). The highest BCUT2D eigenvalue weighted by atomic mass is 16.1. The Kier molecular flexibility index (Phi) is 7.23. The van der Waals surface area contributed by atoms with Gasteiger partial charge in [0.2, 0.25) is 0 Å². The first-order valence-electron chi connectivity index (χ1n) is 12.7. The maximum atomic E-state index is 13.2. The molecule has 1 unspecified atom stereocenters. The fraction of sp³-hybridized carbons (Fsp3) is 0.267. The van der Waals surface area contributed by atoms with Gasteiger partial charge in [0.1, 0.15) is 0 Å². The molecule has 0 saturated carbocycles. The van der Waals surface area contributed by atoms with Crippen LogP contribution in [0.4, 0.5) is 0 Å². The normalized spacial score (nSPS) is 12.3. The zero-order valence-corrected chi connectivity index (χ0v) is 21.6. The van der Waals surface area contributed by atoms with E-state index < -0.39 is 0 Å². The van der Waals surface area contributed by atoms with Crippen LogP contribution in [0.5, 0.6) is 0 Å². The molecule has 0 bridgehead atoms. The number of aromatic nitrogens is 5. The lowest BCUT2D eigenvalue weighted by Gasteiger charge is -2.30. The van der Waals surface area contributed by atoms with Crippen molar-refractivity contribution in [2.75, 3.05) is 0 Å². The second-order valence-electron chi connectivity index (χ2n) is 9.71. The molecule has 7 heteroatoms. The van der Waals surface area contributed by atoms with Crippen LogP contribution in [-0.4, -0.2) is 30.1 Å². The second kappa shape index (κ2) is 10.9. The number of hydrogen-bond acceptors (Lipinski definition) is 5. The molecule has 0 aliphatic carbocycles. The topological polar surface area (TPSA) is 79.7 Å². The summed E-state index contributed by atoms with van der Waals surface area (Å²) in [5.41, 5.74) is 6.17. The van der Waals surface area contributed by atoms with Gasteiger partial charge in [-0.15, -0.1) is 5.10 Å². The van der Waals surface area contributed by atoms with Crippen molar-refractivity contribution in [1.29, 1.82) is 0 Å². The zero-order valence-electron chi connectivity index (χ0n) is 21.6. The monoisotopic (exact) mass is 492 g/mol. The third kappa shape index (κ3) is 5.67. The molecule has 2 aromatic heterocycles. The number of nitrogens with one attached hydrogen (secondary N) is 1. The number of benzene rings is 3. The van der Waals surface area contributed by atoms with E-state index in [0.717, 1.165) is 39.8 Å². The first kappa shape index (κ1) is 24.6. The molecule has 0 radical (unpaired) electrons. The predicted octanol–water partition coefficient (Wildman–Crippen LogP) is 5.33. The molecule has 3 aromatic carbocycles. The molecule has 5 aromatic rings. The van der Waals surface area contributed by atoms with Crippen LogP contribution >= 0.6 is 0 Å². The highest BCUT2D eigenvalue weighted by molar-refractivity contribution is 5.79. The van der Waals surface area contributed by atoms with Crippen molar-refractivity contribution in [2.24, 2.45) is 0 Å². The highest BCUT2D eigenvalue weighted by Crippen LogP contribution is 2.27.